The molecule has 4 unspecified atom stereocenters. The third-order valence-corrected chi connectivity index (χ3v) is 5.21. The van der Waals surface area contributed by atoms with E-state index in [1.165, 1.54) is 0 Å². The fraction of sp³-hybridized carbons (Fsp3) is 1.00. The second-order valence-corrected chi connectivity index (χ2v) is 7.33. The van der Waals surface area contributed by atoms with Crippen LogP contribution in [0.1, 0.15) is 0 Å². The molecule has 0 aliphatic rings. The van der Waals surface area contributed by atoms with E-state index in [2.05, 4.69) is 0 Å². The molecule has 0 rings (SSSR count). The van der Waals surface area contributed by atoms with E-state index < -0.39 is 54.3 Å². The summed E-state index contributed by atoms with van der Waals surface area (Å²) in [6.45, 7) is -2.65. The Balaban J connectivity index is 5.64. The molecule has 6 N–H and O–H groups in total. The van der Waals surface area contributed by atoms with Gasteiger partial charge in [-0.1, -0.05) is 0 Å². The Kier molecular flexibility index (Phi) is 6.44. The van der Waals surface area contributed by atoms with Gasteiger partial charge in [0.2, 0.25) is 0 Å². The number of aliphatic hydroxyl groups is 4. The topological polar surface area (TPSA) is 190 Å². The molecular formula is C6H13LiO10S2. The zero-order valence-electron chi connectivity index (χ0n) is 9.78. The molecule has 0 saturated heterocycles. The molecule has 10 nitrogen and oxygen atoms in total. The average molecular weight is 316 g/mol. The van der Waals surface area contributed by atoms with Crippen LogP contribution >= 0.6 is 0 Å². The van der Waals surface area contributed by atoms with Crippen LogP contribution in [-0.2, 0) is 20.2 Å². The molecule has 0 aromatic heterocycles. The van der Waals surface area contributed by atoms with Crippen molar-refractivity contribution in [3.63, 3.8) is 0 Å². The van der Waals surface area contributed by atoms with Crippen LogP contribution in [0.15, 0.2) is 0 Å². The van der Waals surface area contributed by atoms with Gasteiger partial charge in [0, 0.05) is 0 Å². The number of aliphatic hydroxyl groups excluding tert-OH is 3. The zero-order chi connectivity index (χ0) is 15.6. The van der Waals surface area contributed by atoms with Crippen LogP contribution in [0.2, 0.25) is 0 Å². The van der Waals surface area contributed by atoms with Gasteiger partial charge in [-0.15, -0.1) is 0 Å². The molecule has 19 heavy (non-hydrogen) atoms. The summed E-state index contributed by atoms with van der Waals surface area (Å²) in [5.74, 6) is 0. The SMILES string of the molecule is [Li][C](O)(C(O)C(CO)S(=O)(=O)O)C(CO)S(=O)(=O)O. The summed E-state index contributed by atoms with van der Waals surface area (Å²) in [6.07, 6.45) is -2.48. The normalized spacial score (nSPS) is 21.5. The summed E-state index contributed by atoms with van der Waals surface area (Å²) in [5.41, 5.74) is 0. The van der Waals surface area contributed by atoms with E-state index in [1.54, 1.807) is 0 Å². The van der Waals surface area contributed by atoms with Crippen molar-refractivity contribution in [3.8, 4) is 0 Å². The van der Waals surface area contributed by atoms with Gasteiger partial charge in [-0.25, -0.2) is 0 Å². The first-order valence-corrected chi connectivity index (χ1v) is 7.85. The number of hydrogen-bond acceptors (Lipinski definition) is 8. The molecule has 0 spiro atoms. The van der Waals surface area contributed by atoms with Crippen molar-refractivity contribution in [1.29, 1.82) is 0 Å². The number of hydrogen-bond donors (Lipinski definition) is 6. The fourth-order valence-corrected chi connectivity index (χ4v) is 3.22. The molecule has 0 saturated carbocycles. The van der Waals surface area contributed by atoms with Crippen LogP contribution in [0, 0.1) is 0 Å². The Bertz CT molecular complexity index is 496. The van der Waals surface area contributed by atoms with Crippen molar-refractivity contribution in [2.45, 2.75) is 20.9 Å². The molecule has 0 aromatic rings. The van der Waals surface area contributed by atoms with Gasteiger partial charge in [0.05, 0.1) is 0 Å². The van der Waals surface area contributed by atoms with E-state index in [0.717, 1.165) is 0 Å². The molecule has 0 radical (unpaired) electrons. The maximum atomic E-state index is 10.9. The summed E-state index contributed by atoms with van der Waals surface area (Å²) >= 11 is 0.625. The van der Waals surface area contributed by atoms with Gasteiger partial charge >= 0.3 is 118 Å². The van der Waals surface area contributed by atoms with Gasteiger partial charge in [-0.05, 0) is 0 Å². The number of rotatable bonds is 7. The molecule has 0 aliphatic heterocycles. The van der Waals surface area contributed by atoms with Gasteiger partial charge in [-0.3, -0.25) is 0 Å². The summed E-state index contributed by atoms with van der Waals surface area (Å²) in [5, 5.41) is 32.4. The second-order valence-electron chi connectivity index (χ2n) is 4.09. The van der Waals surface area contributed by atoms with Crippen LogP contribution in [0.3, 0.4) is 0 Å². The Labute approximate surface area is 118 Å². The Morgan fingerprint density at radius 2 is 1.42 bits per heavy atom. The van der Waals surface area contributed by atoms with Gasteiger partial charge in [0.15, 0.2) is 0 Å². The predicted molar refractivity (Wildman–Crippen MR) is 61.6 cm³/mol. The first-order chi connectivity index (χ1) is 8.30. The van der Waals surface area contributed by atoms with Gasteiger partial charge in [0.1, 0.15) is 0 Å². The molecular weight excluding hydrogens is 303 g/mol. The summed E-state index contributed by atoms with van der Waals surface area (Å²) in [6, 6.07) is 0. The quantitative estimate of drug-likeness (QED) is 0.198. The molecule has 0 aromatic carbocycles. The standard InChI is InChI=1S/C6H13O10S2.Li/c7-1-3(17(11,12)13)5(9)6(10)4(2-8)18(14,15)16;/h3-5,7-10H,1-2H2,(H,11,12,13)(H,14,15,16);. The Morgan fingerprint density at radius 1 is 1.00 bits per heavy atom. The average Bonchev–Trinajstić information content (AvgIpc) is 2.14. The molecule has 110 valence electrons. The Morgan fingerprint density at radius 3 is 1.63 bits per heavy atom. The van der Waals surface area contributed by atoms with E-state index in [-0.39, 0.29) is 0 Å². The van der Waals surface area contributed by atoms with Gasteiger partial charge in [0.25, 0.3) is 0 Å². The first kappa shape index (κ1) is 19.3. The summed E-state index contributed by atoms with van der Waals surface area (Å²) < 4.78 is 58.3. The molecule has 0 heterocycles. The molecule has 13 heteroatoms. The van der Waals surface area contributed by atoms with Crippen molar-refractivity contribution in [1.82, 2.24) is 0 Å². The van der Waals surface area contributed by atoms with E-state index in [1.807, 2.05) is 0 Å². The molecule has 0 fully saturated rings. The van der Waals surface area contributed by atoms with E-state index in [4.69, 9.17) is 19.3 Å². The zero-order valence-corrected chi connectivity index (χ0v) is 11.4. The third-order valence-electron chi connectivity index (χ3n) is 2.69. The molecule has 0 amide bonds. The maximum absolute atomic E-state index is 10.9. The van der Waals surface area contributed by atoms with Gasteiger partial charge < -0.3 is 0 Å². The molecule has 4 atom stereocenters. The van der Waals surface area contributed by atoms with E-state index in [0.29, 0.717) is 17.7 Å². The van der Waals surface area contributed by atoms with Crippen LogP contribution in [0.4, 0.5) is 0 Å². The predicted octanol–water partition coefficient (Wildman–Crippen LogP) is -4.30. The fourth-order valence-electron chi connectivity index (χ4n) is 1.50. The van der Waals surface area contributed by atoms with Crippen molar-refractivity contribution < 1.29 is 46.4 Å². The first-order valence-electron chi connectivity index (χ1n) is 4.84. The summed E-state index contributed by atoms with van der Waals surface area (Å²) in [4.78, 5) is 0. The molecule has 0 aliphatic carbocycles. The van der Waals surface area contributed by atoms with E-state index in [9.17, 15) is 27.0 Å². The second kappa shape index (κ2) is 6.35. The van der Waals surface area contributed by atoms with Crippen molar-refractivity contribution in [2.75, 3.05) is 13.2 Å². The minimum atomic E-state index is -5.02. The van der Waals surface area contributed by atoms with Crippen molar-refractivity contribution >= 4 is 38.0 Å². The third kappa shape index (κ3) is 4.64. The van der Waals surface area contributed by atoms with E-state index >= 15 is 0 Å². The van der Waals surface area contributed by atoms with Crippen molar-refractivity contribution in [2.24, 2.45) is 0 Å². The molecule has 0 bridgehead atoms. The minimum absolute atomic E-state index is 0.625. The van der Waals surface area contributed by atoms with Crippen LogP contribution in [-0.4, -0.2) is 98.2 Å². The van der Waals surface area contributed by atoms with Crippen LogP contribution in [0.5, 0.6) is 0 Å². The Hall–Kier alpha value is 0.257. The van der Waals surface area contributed by atoms with Gasteiger partial charge in [-0.2, -0.15) is 0 Å². The van der Waals surface area contributed by atoms with Crippen LogP contribution in [0.25, 0.3) is 0 Å². The van der Waals surface area contributed by atoms with Crippen LogP contribution < -0.4 is 0 Å². The summed E-state index contributed by atoms with van der Waals surface area (Å²) in [7, 11) is -10.0. The monoisotopic (exact) mass is 316 g/mol. The van der Waals surface area contributed by atoms with Crippen molar-refractivity contribution in [3.05, 3.63) is 0 Å².